The molecule has 0 aromatic heterocycles. The van der Waals surface area contributed by atoms with E-state index in [-0.39, 0.29) is 0 Å². The normalized spacial score (nSPS) is 9.54. The topological polar surface area (TPSA) is 17.1 Å². The summed E-state index contributed by atoms with van der Waals surface area (Å²) in [7, 11) is 0. The first-order valence-electron chi connectivity index (χ1n) is 4.52. The third-order valence-electron chi connectivity index (χ3n) is 1.96. The van der Waals surface area contributed by atoms with Gasteiger partial charge in [-0.1, -0.05) is 24.3 Å². The second-order valence-corrected chi connectivity index (χ2v) is 3.04. The summed E-state index contributed by atoms with van der Waals surface area (Å²) in [5.41, 5.74) is 1.99. The van der Waals surface area contributed by atoms with Crippen LogP contribution in [0.1, 0.15) is 28.8 Å². The van der Waals surface area contributed by atoms with Crippen LogP contribution >= 0.6 is 0 Å². The summed E-state index contributed by atoms with van der Waals surface area (Å²) in [5, 5.41) is 0. The molecule has 0 aliphatic carbocycles. The SMILES string of the molecule is C=CCCCc1cccc(C=O)c1. The van der Waals surface area contributed by atoms with E-state index in [4.69, 9.17) is 0 Å². The van der Waals surface area contributed by atoms with Crippen molar-refractivity contribution in [1.82, 2.24) is 0 Å². The summed E-state index contributed by atoms with van der Waals surface area (Å²) >= 11 is 0. The Morgan fingerprint density at radius 1 is 1.38 bits per heavy atom. The van der Waals surface area contributed by atoms with Crippen LogP contribution in [0.5, 0.6) is 0 Å². The number of hydrogen-bond donors (Lipinski definition) is 0. The number of allylic oxidation sites excluding steroid dienone is 1. The largest absolute Gasteiger partial charge is 0.298 e. The van der Waals surface area contributed by atoms with Crippen LogP contribution in [0, 0.1) is 0 Å². The standard InChI is InChI=1S/C12H14O/c1-2-3-4-6-11-7-5-8-12(9-11)10-13/h2,5,7-10H,1,3-4,6H2. The minimum Gasteiger partial charge on any atom is -0.298 e. The van der Waals surface area contributed by atoms with E-state index in [2.05, 4.69) is 12.6 Å². The number of unbranched alkanes of at least 4 members (excludes halogenated alkanes) is 1. The molecule has 1 heteroatoms. The van der Waals surface area contributed by atoms with Crippen molar-refractivity contribution >= 4 is 6.29 Å². The van der Waals surface area contributed by atoms with Crippen molar-refractivity contribution in [3.63, 3.8) is 0 Å². The van der Waals surface area contributed by atoms with Gasteiger partial charge in [0.1, 0.15) is 6.29 Å². The lowest BCUT2D eigenvalue weighted by Gasteiger charge is -1.99. The molecule has 1 aromatic rings. The molecule has 0 heterocycles. The lowest BCUT2D eigenvalue weighted by Crippen LogP contribution is -1.87. The zero-order chi connectivity index (χ0) is 9.52. The van der Waals surface area contributed by atoms with Crippen molar-refractivity contribution < 1.29 is 4.79 Å². The molecular weight excluding hydrogens is 160 g/mol. The number of aldehydes is 1. The molecule has 0 spiro atoms. The first-order chi connectivity index (χ1) is 6.36. The van der Waals surface area contributed by atoms with Gasteiger partial charge in [0.05, 0.1) is 0 Å². The lowest BCUT2D eigenvalue weighted by molar-refractivity contribution is 0.112. The molecular formula is C12H14O. The summed E-state index contributed by atoms with van der Waals surface area (Å²) in [6.45, 7) is 3.67. The third-order valence-corrected chi connectivity index (χ3v) is 1.96. The number of carbonyl (C=O) groups is 1. The Hall–Kier alpha value is -1.37. The van der Waals surface area contributed by atoms with E-state index in [1.165, 1.54) is 5.56 Å². The van der Waals surface area contributed by atoms with E-state index >= 15 is 0 Å². The van der Waals surface area contributed by atoms with Gasteiger partial charge in [0.15, 0.2) is 0 Å². The fraction of sp³-hybridized carbons (Fsp3) is 0.250. The zero-order valence-corrected chi connectivity index (χ0v) is 7.70. The van der Waals surface area contributed by atoms with E-state index in [1.54, 1.807) is 0 Å². The molecule has 0 aliphatic rings. The Labute approximate surface area is 79.1 Å². The Balaban J connectivity index is 2.55. The number of rotatable bonds is 5. The van der Waals surface area contributed by atoms with Gasteiger partial charge in [-0.25, -0.2) is 0 Å². The van der Waals surface area contributed by atoms with E-state index in [0.29, 0.717) is 0 Å². The lowest BCUT2D eigenvalue weighted by atomic mass is 10.1. The van der Waals surface area contributed by atoms with Crippen molar-refractivity contribution in [2.75, 3.05) is 0 Å². The molecule has 0 fully saturated rings. The zero-order valence-electron chi connectivity index (χ0n) is 7.70. The molecule has 0 saturated heterocycles. The van der Waals surface area contributed by atoms with E-state index in [1.807, 2.05) is 24.3 Å². The van der Waals surface area contributed by atoms with Gasteiger partial charge in [0, 0.05) is 5.56 Å². The Bertz CT molecular complexity index is 289. The molecule has 0 bridgehead atoms. The average Bonchev–Trinajstić information content (AvgIpc) is 2.19. The molecule has 68 valence electrons. The highest BCUT2D eigenvalue weighted by atomic mass is 16.1. The molecule has 1 rings (SSSR count). The van der Waals surface area contributed by atoms with Crippen LogP contribution in [0.4, 0.5) is 0 Å². The van der Waals surface area contributed by atoms with Gasteiger partial charge in [-0.2, -0.15) is 0 Å². The van der Waals surface area contributed by atoms with Gasteiger partial charge in [-0.15, -0.1) is 6.58 Å². The van der Waals surface area contributed by atoms with E-state index < -0.39 is 0 Å². The van der Waals surface area contributed by atoms with Crippen molar-refractivity contribution in [1.29, 1.82) is 0 Å². The summed E-state index contributed by atoms with van der Waals surface area (Å²) in [4.78, 5) is 10.5. The van der Waals surface area contributed by atoms with Crippen LogP contribution in [0.25, 0.3) is 0 Å². The number of hydrogen-bond acceptors (Lipinski definition) is 1. The van der Waals surface area contributed by atoms with E-state index in [0.717, 1.165) is 31.1 Å². The number of benzene rings is 1. The summed E-state index contributed by atoms with van der Waals surface area (Å²) in [6.07, 6.45) is 5.96. The maximum atomic E-state index is 10.5. The fourth-order valence-corrected chi connectivity index (χ4v) is 1.27. The summed E-state index contributed by atoms with van der Waals surface area (Å²) in [5.74, 6) is 0. The minimum absolute atomic E-state index is 0.760. The molecule has 0 N–H and O–H groups in total. The maximum Gasteiger partial charge on any atom is 0.150 e. The highest BCUT2D eigenvalue weighted by Crippen LogP contribution is 2.07. The van der Waals surface area contributed by atoms with Crippen LogP contribution in [0.15, 0.2) is 36.9 Å². The number of aryl methyl sites for hydroxylation is 1. The van der Waals surface area contributed by atoms with Gasteiger partial charge in [0.25, 0.3) is 0 Å². The van der Waals surface area contributed by atoms with Crippen LogP contribution in [0.3, 0.4) is 0 Å². The Morgan fingerprint density at radius 2 is 2.23 bits per heavy atom. The van der Waals surface area contributed by atoms with Gasteiger partial charge >= 0.3 is 0 Å². The molecule has 0 amide bonds. The molecule has 13 heavy (non-hydrogen) atoms. The van der Waals surface area contributed by atoms with Crippen molar-refractivity contribution in [2.24, 2.45) is 0 Å². The molecule has 0 atom stereocenters. The van der Waals surface area contributed by atoms with Crippen molar-refractivity contribution in [3.8, 4) is 0 Å². The molecule has 0 aliphatic heterocycles. The third kappa shape index (κ3) is 3.24. The quantitative estimate of drug-likeness (QED) is 0.381. The van der Waals surface area contributed by atoms with Gasteiger partial charge in [0.2, 0.25) is 0 Å². The van der Waals surface area contributed by atoms with E-state index in [9.17, 15) is 4.79 Å². The fourth-order valence-electron chi connectivity index (χ4n) is 1.27. The molecule has 0 radical (unpaired) electrons. The first-order valence-corrected chi connectivity index (χ1v) is 4.52. The average molecular weight is 174 g/mol. The Kier molecular flexibility index (Phi) is 3.97. The first kappa shape index (κ1) is 9.72. The van der Waals surface area contributed by atoms with Gasteiger partial charge in [-0.05, 0) is 30.9 Å². The van der Waals surface area contributed by atoms with Gasteiger partial charge < -0.3 is 0 Å². The monoisotopic (exact) mass is 174 g/mol. The smallest absolute Gasteiger partial charge is 0.150 e. The Morgan fingerprint density at radius 3 is 2.92 bits per heavy atom. The molecule has 1 nitrogen and oxygen atoms in total. The highest BCUT2D eigenvalue weighted by Gasteiger charge is 1.93. The predicted octanol–water partition coefficient (Wildman–Crippen LogP) is 3.01. The highest BCUT2D eigenvalue weighted by molar-refractivity contribution is 5.74. The minimum atomic E-state index is 0.760. The number of carbonyl (C=O) groups excluding carboxylic acids is 1. The summed E-state index contributed by atoms with van der Waals surface area (Å²) in [6, 6.07) is 7.74. The van der Waals surface area contributed by atoms with Crippen LogP contribution < -0.4 is 0 Å². The van der Waals surface area contributed by atoms with Gasteiger partial charge in [-0.3, -0.25) is 4.79 Å². The second-order valence-electron chi connectivity index (χ2n) is 3.04. The summed E-state index contributed by atoms with van der Waals surface area (Å²) < 4.78 is 0. The van der Waals surface area contributed by atoms with Crippen LogP contribution in [-0.4, -0.2) is 6.29 Å². The predicted molar refractivity (Wildman–Crippen MR) is 55.0 cm³/mol. The van der Waals surface area contributed by atoms with Crippen LogP contribution in [-0.2, 0) is 6.42 Å². The molecule has 1 aromatic carbocycles. The van der Waals surface area contributed by atoms with Crippen LogP contribution in [0.2, 0.25) is 0 Å². The van der Waals surface area contributed by atoms with Crippen molar-refractivity contribution in [2.45, 2.75) is 19.3 Å². The second kappa shape index (κ2) is 5.31. The van der Waals surface area contributed by atoms with Crippen molar-refractivity contribution in [3.05, 3.63) is 48.0 Å². The molecule has 0 unspecified atom stereocenters. The molecule has 0 saturated carbocycles. The maximum absolute atomic E-state index is 10.5.